The third-order valence-electron chi connectivity index (χ3n) is 6.74. The van der Waals surface area contributed by atoms with E-state index < -0.39 is 0 Å². The number of aromatic hydroxyl groups is 1. The third-order valence-corrected chi connectivity index (χ3v) is 6.74. The van der Waals surface area contributed by atoms with Crippen molar-refractivity contribution in [3.05, 3.63) is 57.6 Å². The number of nitrogens with two attached hydrogens (primary N) is 1. The monoisotopic (exact) mass is 487 g/mol. The molecule has 3 rings (SSSR count). The van der Waals surface area contributed by atoms with Gasteiger partial charge in [-0.1, -0.05) is 87.4 Å². The molecule has 0 saturated carbocycles. The molecule has 2 aromatic carbocycles. The Kier molecular flexibility index (Phi) is 7.96. The van der Waals surface area contributed by atoms with Gasteiger partial charge in [0.1, 0.15) is 17.1 Å². The highest BCUT2D eigenvalue weighted by molar-refractivity contribution is 7.09. The molecule has 0 saturated heterocycles. The van der Waals surface area contributed by atoms with Gasteiger partial charge in [0.15, 0.2) is 0 Å². The van der Waals surface area contributed by atoms with E-state index in [9.17, 15) is 5.11 Å². The van der Waals surface area contributed by atoms with Crippen LogP contribution in [0.5, 0.6) is 11.5 Å². The molecule has 0 amide bonds. The average molecular weight is 488 g/mol. The molecule has 2 unspecified atom stereocenters. The lowest BCUT2D eigenvalue weighted by atomic mass is 9.74. The molecule has 34 heavy (non-hydrogen) atoms. The van der Waals surface area contributed by atoms with Crippen molar-refractivity contribution in [1.29, 1.82) is 0 Å². The second-order valence-corrected chi connectivity index (χ2v) is 13.4. The van der Waals surface area contributed by atoms with Gasteiger partial charge in [-0.3, -0.25) is 4.62 Å². The summed E-state index contributed by atoms with van der Waals surface area (Å²) in [7, 11) is 1.86. The number of rotatable bonds is 2. The molecule has 1 aliphatic heterocycles. The quantitative estimate of drug-likeness (QED) is 0.336. The third kappa shape index (κ3) is 5.78. The zero-order valence-electron chi connectivity index (χ0n) is 23.3. The standard InChI is InChI=1S/C29H42O2.H4NOP/c1-17(20-13-18(26(2,3)4)15-22(24(20)30)28(8,9)10)21-14-19(27(5,6)7)16-23-25(21)31-29(23,11)12;1-2-3/h13-17,30H,1-12H3;1,3H2. The van der Waals surface area contributed by atoms with Crippen molar-refractivity contribution >= 4 is 9.47 Å². The van der Waals surface area contributed by atoms with Crippen molar-refractivity contribution in [3.63, 3.8) is 0 Å². The first-order chi connectivity index (χ1) is 15.3. The fraction of sp³-hybridized carbons (Fsp3) is 0.586. The molecule has 1 aliphatic rings. The molecule has 1 heterocycles. The Bertz CT molecular complexity index is 1040. The Labute approximate surface area is 209 Å². The smallest absolute Gasteiger partial charge is 0.132 e. The van der Waals surface area contributed by atoms with Gasteiger partial charge in [-0.15, -0.1) is 0 Å². The molecule has 5 heteroatoms. The average Bonchev–Trinajstić information content (AvgIpc) is 2.64. The Hall–Kier alpha value is -1.61. The van der Waals surface area contributed by atoms with E-state index in [0.717, 1.165) is 16.9 Å². The highest BCUT2D eigenvalue weighted by atomic mass is 31.0. The molecule has 2 aromatic rings. The van der Waals surface area contributed by atoms with E-state index in [1.807, 2.05) is 9.47 Å². The van der Waals surface area contributed by atoms with Gasteiger partial charge in [-0.25, -0.2) is 5.90 Å². The van der Waals surface area contributed by atoms with E-state index in [0.29, 0.717) is 5.75 Å². The summed E-state index contributed by atoms with van der Waals surface area (Å²) in [5.74, 6) is 5.74. The lowest BCUT2D eigenvalue weighted by Gasteiger charge is -2.42. The number of ether oxygens (including phenoxy) is 1. The number of benzene rings is 2. The molecule has 0 spiro atoms. The first kappa shape index (κ1) is 28.6. The Morgan fingerprint density at radius 2 is 1.29 bits per heavy atom. The van der Waals surface area contributed by atoms with E-state index in [2.05, 4.69) is 118 Å². The summed E-state index contributed by atoms with van der Waals surface area (Å²) in [6, 6.07) is 8.99. The predicted molar refractivity (Wildman–Crippen MR) is 147 cm³/mol. The molecule has 3 N–H and O–H groups in total. The van der Waals surface area contributed by atoms with Crippen molar-refractivity contribution in [2.24, 2.45) is 5.90 Å². The minimum absolute atomic E-state index is 0.00101. The zero-order valence-corrected chi connectivity index (χ0v) is 24.5. The Morgan fingerprint density at radius 1 is 0.853 bits per heavy atom. The Morgan fingerprint density at radius 3 is 1.71 bits per heavy atom. The summed E-state index contributed by atoms with van der Waals surface area (Å²) in [4.78, 5) is 0. The van der Waals surface area contributed by atoms with E-state index >= 15 is 0 Å². The predicted octanol–water partition coefficient (Wildman–Crippen LogP) is 7.73. The molecular formula is C29H46NO3P. The maximum atomic E-state index is 11.4. The van der Waals surface area contributed by atoms with Crippen LogP contribution in [-0.2, 0) is 26.5 Å². The van der Waals surface area contributed by atoms with Gasteiger partial charge < -0.3 is 9.84 Å². The molecule has 0 aromatic heterocycles. The molecule has 0 aliphatic carbocycles. The van der Waals surface area contributed by atoms with Crippen LogP contribution in [0.1, 0.15) is 122 Å². The maximum Gasteiger partial charge on any atom is 0.132 e. The van der Waals surface area contributed by atoms with E-state index in [1.165, 1.54) is 22.3 Å². The fourth-order valence-corrected chi connectivity index (χ4v) is 4.39. The van der Waals surface area contributed by atoms with Crippen LogP contribution in [0.15, 0.2) is 24.3 Å². The highest BCUT2D eigenvalue weighted by Gasteiger charge is 2.41. The number of phenols is 1. The molecular weight excluding hydrogens is 441 g/mol. The van der Waals surface area contributed by atoms with Crippen LogP contribution in [-0.4, -0.2) is 5.11 Å². The molecule has 190 valence electrons. The number of phenolic OH excluding ortho intramolecular Hbond substituents is 1. The first-order valence-corrected chi connectivity index (χ1v) is 12.5. The van der Waals surface area contributed by atoms with Gasteiger partial charge in [0, 0.05) is 32.1 Å². The summed E-state index contributed by atoms with van der Waals surface area (Å²) in [6.07, 6.45) is 0. The van der Waals surface area contributed by atoms with Crippen LogP contribution >= 0.6 is 9.47 Å². The van der Waals surface area contributed by atoms with Crippen LogP contribution in [0.4, 0.5) is 0 Å². The fourth-order valence-electron chi connectivity index (χ4n) is 4.39. The largest absolute Gasteiger partial charge is 0.507 e. The van der Waals surface area contributed by atoms with Gasteiger partial charge in [0.2, 0.25) is 0 Å². The van der Waals surface area contributed by atoms with Crippen LogP contribution in [0.3, 0.4) is 0 Å². The van der Waals surface area contributed by atoms with Crippen molar-refractivity contribution in [2.45, 2.75) is 111 Å². The molecule has 0 bridgehead atoms. The van der Waals surface area contributed by atoms with Crippen molar-refractivity contribution in [2.75, 3.05) is 0 Å². The van der Waals surface area contributed by atoms with Crippen LogP contribution in [0.2, 0.25) is 0 Å². The van der Waals surface area contributed by atoms with E-state index in [1.54, 1.807) is 0 Å². The lowest BCUT2D eigenvalue weighted by Crippen LogP contribution is -2.37. The summed E-state index contributed by atoms with van der Waals surface area (Å²) < 4.78 is 9.93. The van der Waals surface area contributed by atoms with Crippen molar-refractivity contribution in [3.8, 4) is 11.5 Å². The van der Waals surface area contributed by atoms with Crippen LogP contribution < -0.4 is 10.6 Å². The SMILES string of the molecule is CC(c1cc(C(C)(C)C)cc(C(C)(C)C)c1O)c1cc(C(C)(C)C)cc2c1OC2(C)C.NOP. The molecule has 4 nitrogen and oxygen atoms in total. The minimum Gasteiger partial charge on any atom is -0.507 e. The second-order valence-electron chi connectivity index (χ2n) is 13.1. The van der Waals surface area contributed by atoms with Crippen molar-refractivity contribution < 1.29 is 14.5 Å². The number of hydrogen-bond acceptors (Lipinski definition) is 4. The van der Waals surface area contributed by atoms with Gasteiger partial charge in [0.05, 0.1) is 0 Å². The normalized spacial score (nSPS) is 15.9. The van der Waals surface area contributed by atoms with E-state index in [4.69, 9.17) is 4.74 Å². The second kappa shape index (κ2) is 9.45. The topological polar surface area (TPSA) is 64.7 Å². The zero-order chi connectivity index (χ0) is 26.4. The number of fused-ring (bicyclic) bond motifs is 1. The summed E-state index contributed by atoms with van der Waals surface area (Å²) in [6.45, 7) is 26.4. The van der Waals surface area contributed by atoms with Gasteiger partial charge >= 0.3 is 0 Å². The summed E-state index contributed by atoms with van der Waals surface area (Å²) in [5, 5.41) is 11.4. The molecule has 0 radical (unpaired) electrons. The minimum atomic E-state index is -0.267. The summed E-state index contributed by atoms with van der Waals surface area (Å²) in [5.41, 5.74) is 6.63. The highest BCUT2D eigenvalue weighted by Crippen LogP contribution is 2.52. The Balaban J connectivity index is 0.00000129. The van der Waals surface area contributed by atoms with Crippen LogP contribution in [0.25, 0.3) is 0 Å². The maximum absolute atomic E-state index is 11.4. The number of hydrogen-bond donors (Lipinski definition) is 2. The lowest BCUT2D eigenvalue weighted by molar-refractivity contribution is 0.0494. The molecule has 2 atom stereocenters. The van der Waals surface area contributed by atoms with Gasteiger partial charge in [-0.05, 0) is 52.8 Å². The molecule has 0 fully saturated rings. The van der Waals surface area contributed by atoms with Gasteiger partial charge in [0.25, 0.3) is 0 Å². The first-order valence-electron chi connectivity index (χ1n) is 12.1. The van der Waals surface area contributed by atoms with E-state index in [-0.39, 0.29) is 27.8 Å². The van der Waals surface area contributed by atoms with Crippen LogP contribution in [0, 0.1) is 0 Å². The van der Waals surface area contributed by atoms with Crippen molar-refractivity contribution in [1.82, 2.24) is 0 Å². The summed E-state index contributed by atoms with van der Waals surface area (Å²) >= 11 is 0. The van der Waals surface area contributed by atoms with Gasteiger partial charge in [-0.2, -0.15) is 0 Å².